The molecular formula is C11H21N3O2. The van der Waals surface area contributed by atoms with E-state index in [-0.39, 0.29) is 17.9 Å². The Bertz CT molecular complexity index is 256. The van der Waals surface area contributed by atoms with Crippen LogP contribution in [0.4, 0.5) is 0 Å². The lowest BCUT2D eigenvalue weighted by molar-refractivity contribution is -0.130. The molecule has 5 nitrogen and oxygen atoms in total. The molecule has 1 unspecified atom stereocenters. The monoisotopic (exact) mass is 227 g/mol. The number of amides is 2. The average Bonchev–Trinajstić information content (AvgIpc) is 2.59. The molecule has 1 aliphatic heterocycles. The number of hydrogen-bond acceptors (Lipinski definition) is 3. The second-order valence-corrected chi connectivity index (χ2v) is 3.93. The van der Waals surface area contributed by atoms with Gasteiger partial charge < -0.3 is 15.5 Å². The fourth-order valence-electron chi connectivity index (χ4n) is 1.92. The summed E-state index contributed by atoms with van der Waals surface area (Å²) in [4.78, 5) is 24.8. The van der Waals surface area contributed by atoms with E-state index in [1.165, 1.54) is 0 Å². The van der Waals surface area contributed by atoms with Crippen LogP contribution in [-0.2, 0) is 9.59 Å². The number of likely N-dealkylation sites (tertiary alicyclic amines) is 1. The van der Waals surface area contributed by atoms with Crippen LogP contribution < -0.4 is 10.6 Å². The summed E-state index contributed by atoms with van der Waals surface area (Å²) < 4.78 is 0. The fraction of sp³-hybridized carbons (Fsp3) is 0.818. The zero-order chi connectivity index (χ0) is 12.0. The maximum absolute atomic E-state index is 11.8. The van der Waals surface area contributed by atoms with Crippen molar-refractivity contribution in [2.45, 2.75) is 32.7 Å². The molecule has 0 aromatic rings. The first-order valence-electron chi connectivity index (χ1n) is 5.97. The minimum Gasteiger partial charge on any atom is -0.356 e. The van der Waals surface area contributed by atoms with Crippen molar-refractivity contribution >= 4 is 11.8 Å². The molecule has 16 heavy (non-hydrogen) atoms. The molecule has 2 N–H and O–H groups in total. The van der Waals surface area contributed by atoms with Gasteiger partial charge in [0.15, 0.2) is 0 Å². The summed E-state index contributed by atoms with van der Waals surface area (Å²) in [7, 11) is 0. The summed E-state index contributed by atoms with van der Waals surface area (Å²) in [5.41, 5.74) is 0. The molecule has 1 heterocycles. The minimum absolute atomic E-state index is 0.0159. The van der Waals surface area contributed by atoms with E-state index in [0.29, 0.717) is 19.5 Å². The van der Waals surface area contributed by atoms with Crippen molar-refractivity contribution in [3.05, 3.63) is 0 Å². The number of hydrogen-bond donors (Lipinski definition) is 2. The van der Waals surface area contributed by atoms with Gasteiger partial charge in [-0.15, -0.1) is 0 Å². The van der Waals surface area contributed by atoms with Gasteiger partial charge in [-0.05, 0) is 19.9 Å². The van der Waals surface area contributed by atoms with Crippen LogP contribution in [0, 0.1) is 0 Å². The van der Waals surface area contributed by atoms with Gasteiger partial charge in [-0.2, -0.15) is 0 Å². The molecule has 1 saturated heterocycles. The van der Waals surface area contributed by atoms with Crippen molar-refractivity contribution in [1.29, 1.82) is 0 Å². The van der Waals surface area contributed by atoms with E-state index in [0.717, 1.165) is 19.5 Å². The van der Waals surface area contributed by atoms with Crippen LogP contribution >= 0.6 is 0 Å². The molecule has 0 saturated carbocycles. The Morgan fingerprint density at radius 3 is 2.81 bits per heavy atom. The van der Waals surface area contributed by atoms with E-state index in [1.807, 2.05) is 13.8 Å². The zero-order valence-corrected chi connectivity index (χ0v) is 10.1. The van der Waals surface area contributed by atoms with Crippen LogP contribution in [0.3, 0.4) is 0 Å². The highest BCUT2D eigenvalue weighted by molar-refractivity contribution is 5.84. The summed E-state index contributed by atoms with van der Waals surface area (Å²) in [6, 6.07) is -0.0424. The van der Waals surface area contributed by atoms with Crippen molar-refractivity contribution < 1.29 is 9.59 Å². The van der Waals surface area contributed by atoms with Crippen molar-refractivity contribution in [3.8, 4) is 0 Å². The molecule has 92 valence electrons. The molecule has 1 atom stereocenters. The Morgan fingerprint density at radius 2 is 2.19 bits per heavy atom. The van der Waals surface area contributed by atoms with Crippen molar-refractivity contribution in [2.75, 3.05) is 26.2 Å². The molecule has 1 fully saturated rings. The Balaban J connectivity index is 2.29. The first kappa shape index (κ1) is 13.0. The smallest absolute Gasteiger partial charge is 0.239 e. The highest BCUT2D eigenvalue weighted by Gasteiger charge is 2.30. The van der Waals surface area contributed by atoms with Crippen LogP contribution in [0.2, 0.25) is 0 Å². The standard InChI is InChI=1S/C11H21N3O2/c1-3-12-9-5-7-14(11(9)16)8-6-10(15)13-4-2/h9,12H,3-8H2,1-2H3,(H,13,15). The molecule has 0 aromatic heterocycles. The van der Waals surface area contributed by atoms with Gasteiger partial charge in [-0.25, -0.2) is 0 Å². The maximum atomic E-state index is 11.8. The van der Waals surface area contributed by atoms with E-state index in [2.05, 4.69) is 10.6 Å². The fourth-order valence-corrected chi connectivity index (χ4v) is 1.92. The Kier molecular flexibility index (Phi) is 5.25. The lowest BCUT2D eigenvalue weighted by atomic mass is 10.2. The van der Waals surface area contributed by atoms with E-state index >= 15 is 0 Å². The third kappa shape index (κ3) is 3.48. The number of nitrogens with zero attached hydrogens (tertiary/aromatic N) is 1. The normalized spacial score (nSPS) is 20.2. The molecule has 0 radical (unpaired) electrons. The molecule has 0 aliphatic carbocycles. The van der Waals surface area contributed by atoms with Gasteiger partial charge in [0.2, 0.25) is 11.8 Å². The molecule has 0 aromatic carbocycles. The number of rotatable bonds is 6. The van der Waals surface area contributed by atoms with Gasteiger partial charge in [0, 0.05) is 26.1 Å². The zero-order valence-electron chi connectivity index (χ0n) is 10.1. The molecule has 1 rings (SSSR count). The molecule has 2 amide bonds. The molecule has 0 spiro atoms. The Labute approximate surface area is 96.6 Å². The molecular weight excluding hydrogens is 206 g/mol. The lowest BCUT2D eigenvalue weighted by Gasteiger charge is -2.16. The van der Waals surface area contributed by atoms with Gasteiger partial charge in [0.05, 0.1) is 6.04 Å². The first-order chi connectivity index (χ1) is 7.69. The molecule has 1 aliphatic rings. The van der Waals surface area contributed by atoms with Crippen molar-refractivity contribution in [1.82, 2.24) is 15.5 Å². The Hall–Kier alpha value is -1.10. The maximum Gasteiger partial charge on any atom is 0.239 e. The van der Waals surface area contributed by atoms with Crippen molar-refractivity contribution in [3.63, 3.8) is 0 Å². The summed E-state index contributed by atoms with van der Waals surface area (Å²) in [5, 5.41) is 5.87. The molecule has 0 bridgehead atoms. The van der Waals surface area contributed by atoms with Gasteiger partial charge in [0.25, 0.3) is 0 Å². The predicted molar refractivity (Wildman–Crippen MR) is 62.0 cm³/mol. The number of nitrogens with one attached hydrogen (secondary N) is 2. The summed E-state index contributed by atoms with van der Waals surface area (Å²) in [6.45, 7) is 6.63. The highest BCUT2D eigenvalue weighted by atomic mass is 16.2. The first-order valence-corrected chi connectivity index (χ1v) is 5.97. The number of carbonyl (C=O) groups is 2. The quantitative estimate of drug-likeness (QED) is 0.656. The third-order valence-electron chi connectivity index (χ3n) is 2.73. The van der Waals surface area contributed by atoms with Crippen LogP contribution in [-0.4, -0.2) is 48.9 Å². The largest absolute Gasteiger partial charge is 0.356 e. The lowest BCUT2D eigenvalue weighted by Crippen LogP contribution is -2.39. The second kappa shape index (κ2) is 6.48. The van der Waals surface area contributed by atoms with E-state index < -0.39 is 0 Å². The van der Waals surface area contributed by atoms with Gasteiger partial charge in [-0.1, -0.05) is 6.92 Å². The summed E-state index contributed by atoms with van der Waals surface area (Å²) >= 11 is 0. The van der Waals surface area contributed by atoms with Gasteiger partial charge in [-0.3, -0.25) is 9.59 Å². The van der Waals surface area contributed by atoms with E-state index in [4.69, 9.17) is 0 Å². The highest BCUT2D eigenvalue weighted by Crippen LogP contribution is 2.11. The number of carbonyl (C=O) groups excluding carboxylic acids is 2. The summed E-state index contributed by atoms with van der Waals surface area (Å²) in [6.07, 6.45) is 1.25. The summed E-state index contributed by atoms with van der Waals surface area (Å²) in [5.74, 6) is 0.147. The number of likely N-dealkylation sites (N-methyl/N-ethyl adjacent to an activating group) is 1. The van der Waals surface area contributed by atoms with E-state index in [1.54, 1.807) is 4.90 Å². The van der Waals surface area contributed by atoms with Gasteiger partial charge in [0.1, 0.15) is 0 Å². The minimum atomic E-state index is -0.0424. The van der Waals surface area contributed by atoms with Crippen molar-refractivity contribution in [2.24, 2.45) is 0 Å². The SMILES string of the molecule is CCNC(=O)CCN1CCC(NCC)C1=O. The third-order valence-corrected chi connectivity index (χ3v) is 2.73. The van der Waals surface area contributed by atoms with E-state index in [9.17, 15) is 9.59 Å². The van der Waals surface area contributed by atoms with Crippen LogP contribution in [0.15, 0.2) is 0 Å². The average molecular weight is 227 g/mol. The van der Waals surface area contributed by atoms with Gasteiger partial charge >= 0.3 is 0 Å². The van der Waals surface area contributed by atoms with Crippen LogP contribution in [0.25, 0.3) is 0 Å². The topological polar surface area (TPSA) is 61.4 Å². The Morgan fingerprint density at radius 1 is 1.44 bits per heavy atom. The van der Waals surface area contributed by atoms with Crippen LogP contribution in [0.1, 0.15) is 26.7 Å². The predicted octanol–water partition coefficient (Wildman–Crippen LogP) is -0.277. The molecule has 5 heteroatoms. The second-order valence-electron chi connectivity index (χ2n) is 3.93. The van der Waals surface area contributed by atoms with Crippen LogP contribution in [0.5, 0.6) is 0 Å².